The van der Waals surface area contributed by atoms with Gasteiger partial charge in [-0.2, -0.15) is 0 Å². The van der Waals surface area contributed by atoms with Gasteiger partial charge in [0, 0.05) is 44.6 Å². The topological polar surface area (TPSA) is 78.7 Å². The molecule has 2 aliphatic rings. The maximum absolute atomic E-state index is 13.0. The smallest absolute Gasteiger partial charge is 0.226 e. The van der Waals surface area contributed by atoms with E-state index >= 15 is 0 Å². The van der Waals surface area contributed by atoms with Crippen molar-refractivity contribution in [3.8, 4) is 11.5 Å². The second kappa shape index (κ2) is 10.1. The Morgan fingerprint density at radius 1 is 1.06 bits per heavy atom. The van der Waals surface area contributed by atoms with Crippen molar-refractivity contribution in [3.05, 3.63) is 42.3 Å². The van der Waals surface area contributed by atoms with Gasteiger partial charge in [0.1, 0.15) is 6.26 Å². The number of amides is 2. The highest BCUT2D eigenvalue weighted by molar-refractivity contribution is 5.79. The van der Waals surface area contributed by atoms with Crippen molar-refractivity contribution in [3.63, 3.8) is 0 Å². The van der Waals surface area contributed by atoms with Crippen molar-refractivity contribution >= 4 is 11.8 Å². The summed E-state index contributed by atoms with van der Waals surface area (Å²) in [7, 11) is 0. The zero-order valence-corrected chi connectivity index (χ0v) is 18.3. The number of nitrogens with zero attached hydrogens (tertiary/aromatic N) is 3. The molecule has 2 aromatic rings. The van der Waals surface area contributed by atoms with Crippen LogP contribution in [0.2, 0.25) is 0 Å². The summed E-state index contributed by atoms with van der Waals surface area (Å²) in [5.74, 6) is 1.60. The van der Waals surface area contributed by atoms with Gasteiger partial charge < -0.3 is 14.6 Å². The molecule has 1 aromatic carbocycles. The molecule has 2 aliphatic heterocycles. The van der Waals surface area contributed by atoms with Gasteiger partial charge in [0.25, 0.3) is 0 Å². The van der Waals surface area contributed by atoms with Crippen LogP contribution >= 0.6 is 0 Å². The lowest BCUT2D eigenvalue weighted by atomic mass is 9.92. The molecular formula is C24H32N4O3. The highest BCUT2D eigenvalue weighted by Crippen LogP contribution is 2.25. The van der Waals surface area contributed by atoms with E-state index in [-0.39, 0.29) is 11.8 Å². The molecule has 2 amide bonds. The van der Waals surface area contributed by atoms with Crippen LogP contribution in [-0.2, 0) is 16.1 Å². The number of likely N-dealkylation sites (tertiary alicyclic amines) is 2. The Bertz CT molecular complexity index is 866. The summed E-state index contributed by atoms with van der Waals surface area (Å²) in [6, 6.07) is 9.93. The number of hydrogen-bond acceptors (Lipinski definition) is 5. The fourth-order valence-corrected chi connectivity index (χ4v) is 4.56. The second-order valence-corrected chi connectivity index (χ2v) is 8.77. The van der Waals surface area contributed by atoms with Gasteiger partial charge >= 0.3 is 0 Å². The van der Waals surface area contributed by atoms with Crippen LogP contribution in [0.15, 0.2) is 41.0 Å². The number of carbonyl (C=O) groups is 2. The highest BCUT2D eigenvalue weighted by atomic mass is 16.3. The van der Waals surface area contributed by atoms with Crippen LogP contribution in [0.1, 0.15) is 38.3 Å². The van der Waals surface area contributed by atoms with Gasteiger partial charge in [-0.1, -0.05) is 18.2 Å². The van der Waals surface area contributed by atoms with Crippen LogP contribution in [0.4, 0.5) is 0 Å². The lowest BCUT2D eigenvalue weighted by Gasteiger charge is -2.37. The SMILES string of the molecule is CC(=O)NCC1CCN(C(=O)C2CCN(Cc3coc(-c4ccccc4)n3)CC2)CC1. The average molecular weight is 425 g/mol. The molecule has 3 heterocycles. The third-order valence-corrected chi connectivity index (χ3v) is 6.46. The van der Waals surface area contributed by atoms with Gasteiger partial charge in [0.05, 0.1) is 5.69 Å². The molecule has 2 saturated heterocycles. The summed E-state index contributed by atoms with van der Waals surface area (Å²) < 4.78 is 5.65. The average Bonchev–Trinajstić information content (AvgIpc) is 3.27. The zero-order chi connectivity index (χ0) is 21.6. The van der Waals surface area contributed by atoms with Crippen LogP contribution in [0.3, 0.4) is 0 Å². The molecule has 7 nitrogen and oxygen atoms in total. The fourth-order valence-electron chi connectivity index (χ4n) is 4.56. The van der Waals surface area contributed by atoms with E-state index in [0.29, 0.717) is 17.7 Å². The van der Waals surface area contributed by atoms with Crippen LogP contribution in [0.5, 0.6) is 0 Å². The molecule has 1 aromatic heterocycles. The Hall–Kier alpha value is -2.67. The third-order valence-electron chi connectivity index (χ3n) is 6.46. The van der Waals surface area contributed by atoms with E-state index in [1.54, 1.807) is 13.2 Å². The highest BCUT2D eigenvalue weighted by Gasteiger charge is 2.31. The Labute approximate surface area is 183 Å². The van der Waals surface area contributed by atoms with E-state index in [2.05, 4.69) is 15.2 Å². The van der Waals surface area contributed by atoms with Crippen molar-refractivity contribution in [1.82, 2.24) is 20.1 Å². The molecule has 1 N–H and O–H groups in total. The molecule has 0 saturated carbocycles. The standard InChI is InChI=1S/C24H32N4O3/c1-18(29)25-15-19-7-13-28(14-8-19)24(30)21-9-11-27(12-10-21)16-22-17-31-23(26-22)20-5-3-2-4-6-20/h2-6,17,19,21H,7-16H2,1H3,(H,25,29). The maximum atomic E-state index is 13.0. The number of benzene rings is 1. The molecule has 4 rings (SSSR count). The predicted molar refractivity (Wildman–Crippen MR) is 118 cm³/mol. The zero-order valence-electron chi connectivity index (χ0n) is 18.3. The predicted octanol–water partition coefficient (Wildman–Crippen LogP) is 2.93. The number of oxazole rings is 1. The molecule has 0 unspecified atom stereocenters. The normalized spacial score (nSPS) is 18.8. The molecule has 166 valence electrons. The lowest BCUT2D eigenvalue weighted by molar-refractivity contribution is -0.138. The fraction of sp³-hybridized carbons (Fsp3) is 0.542. The molecule has 2 fully saturated rings. The lowest BCUT2D eigenvalue weighted by Crippen LogP contribution is -2.46. The molecular weight excluding hydrogens is 392 g/mol. The summed E-state index contributed by atoms with van der Waals surface area (Å²) >= 11 is 0. The van der Waals surface area contributed by atoms with Crippen LogP contribution in [0.25, 0.3) is 11.5 Å². The van der Waals surface area contributed by atoms with Crippen LogP contribution in [0, 0.1) is 11.8 Å². The number of rotatable bonds is 6. The van der Waals surface area contributed by atoms with Gasteiger partial charge in [0.2, 0.25) is 17.7 Å². The van der Waals surface area contributed by atoms with Crippen molar-refractivity contribution in [2.24, 2.45) is 11.8 Å². The first-order valence-electron chi connectivity index (χ1n) is 11.3. The quantitative estimate of drug-likeness (QED) is 0.771. The molecule has 0 spiro atoms. The first-order valence-corrected chi connectivity index (χ1v) is 11.3. The molecule has 0 radical (unpaired) electrons. The number of carbonyl (C=O) groups excluding carboxylic acids is 2. The van der Waals surface area contributed by atoms with Crippen LogP contribution < -0.4 is 5.32 Å². The Morgan fingerprint density at radius 2 is 1.77 bits per heavy atom. The minimum atomic E-state index is 0.0205. The van der Waals surface area contributed by atoms with E-state index in [1.165, 1.54) is 0 Å². The van der Waals surface area contributed by atoms with Gasteiger partial charge in [-0.05, 0) is 56.8 Å². The van der Waals surface area contributed by atoms with Gasteiger partial charge in [-0.3, -0.25) is 14.5 Å². The third kappa shape index (κ3) is 5.73. The largest absolute Gasteiger partial charge is 0.444 e. The number of nitrogens with one attached hydrogen (secondary N) is 1. The Morgan fingerprint density at radius 3 is 2.45 bits per heavy atom. The molecule has 31 heavy (non-hydrogen) atoms. The van der Waals surface area contributed by atoms with Crippen molar-refractivity contribution < 1.29 is 14.0 Å². The number of piperidine rings is 2. The Balaban J connectivity index is 1.21. The van der Waals surface area contributed by atoms with Gasteiger partial charge in [-0.25, -0.2) is 4.98 Å². The first-order chi connectivity index (χ1) is 15.1. The van der Waals surface area contributed by atoms with Crippen LogP contribution in [-0.4, -0.2) is 59.3 Å². The monoisotopic (exact) mass is 424 g/mol. The van der Waals surface area contributed by atoms with E-state index in [1.807, 2.05) is 35.2 Å². The molecule has 0 bridgehead atoms. The van der Waals surface area contributed by atoms with E-state index < -0.39 is 0 Å². The summed E-state index contributed by atoms with van der Waals surface area (Å²) in [6.07, 6.45) is 5.48. The number of aromatic nitrogens is 1. The summed E-state index contributed by atoms with van der Waals surface area (Å²) in [6.45, 7) is 6.46. The van der Waals surface area contributed by atoms with Crippen molar-refractivity contribution in [1.29, 1.82) is 0 Å². The molecule has 0 atom stereocenters. The first kappa shape index (κ1) is 21.6. The maximum Gasteiger partial charge on any atom is 0.226 e. The minimum absolute atomic E-state index is 0.0205. The molecule has 7 heteroatoms. The Kier molecular flexibility index (Phi) is 7.02. The summed E-state index contributed by atoms with van der Waals surface area (Å²) in [5.41, 5.74) is 1.92. The minimum Gasteiger partial charge on any atom is -0.444 e. The van der Waals surface area contributed by atoms with E-state index in [9.17, 15) is 9.59 Å². The van der Waals surface area contributed by atoms with Gasteiger partial charge in [-0.15, -0.1) is 0 Å². The van der Waals surface area contributed by atoms with Crippen molar-refractivity contribution in [2.45, 2.75) is 39.2 Å². The summed E-state index contributed by atoms with van der Waals surface area (Å²) in [5, 5.41) is 2.90. The second-order valence-electron chi connectivity index (χ2n) is 8.77. The summed E-state index contributed by atoms with van der Waals surface area (Å²) in [4.78, 5) is 33.1. The number of hydrogen-bond donors (Lipinski definition) is 1. The van der Waals surface area contributed by atoms with Gasteiger partial charge in [0.15, 0.2) is 0 Å². The van der Waals surface area contributed by atoms with E-state index in [4.69, 9.17) is 4.42 Å². The van der Waals surface area contributed by atoms with Crippen molar-refractivity contribution in [2.75, 3.05) is 32.7 Å². The van der Waals surface area contributed by atoms with E-state index in [0.717, 1.165) is 76.2 Å². The molecule has 0 aliphatic carbocycles.